The van der Waals surface area contributed by atoms with Gasteiger partial charge >= 0.3 is 12.1 Å². The molecule has 0 radical (unpaired) electrons. The van der Waals surface area contributed by atoms with Crippen LogP contribution >= 0.6 is 0 Å². The average molecular weight is 471 g/mol. The maximum atomic E-state index is 13.5. The van der Waals surface area contributed by atoms with Crippen molar-refractivity contribution in [2.24, 2.45) is 0 Å². The van der Waals surface area contributed by atoms with Gasteiger partial charge in [0.05, 0.1) is 6.04 Å². The molecule has 1 aliphatic heterocycles. The number of nitrogens with zero attached hydrogens (tertiary/aromatic N) is 2. The minimum Gasteiger partial charge on any atom is -0.465 e. The number of benzene rings is 3. The Kier molecular flexibility index (Phi) is 7.95. The quantitative estimate of drug-likeness (QED) is 0.424. The summed E-state index contributed by atoms with van der Waals surface area (Å²) < 4.78 is 5.67. The molecular weight excluding hydrogens is 440 g/mol. The van der Waals surface area contributed by atoms with Crippen molar-refractivity contribution < 1.29 is 19.4 Å². The monoisotopic (exact) mass is 470 g/mol. The lowest BCUT2D eigenvalue weighted by Crippen LogP contribution is -2.48. The molecule has 35 heavy (non-hydrogen) atoms. The first-order valence-electron chi connectivity index (χ1n) is 11.9. The Hall–Kier alpha value is -3.90. The molecule has 4 rings (SSSR count). The molecule has 1 saturated heterocycles. The zero-order valence-corrected chi connectivity index (χ0v) is 19.8. The molecule has 180 valence electrons. The third-order valence-corrected chi connectivity index (χ3v) is 6.10. The molecule has 1 fully saturated rings. The molecule has 0 bridgehead atoms. The van der Waals surface area contributed by atoms with Crippen molar-refractivity contribution in [2.45, 2.75) is 45.1 Å². The number of amides is 1. The van der Waals surface area contributed by atoms with E-state index in [-0.39, 0.29) is 12.6 Å². The molecule has 2 atom stereocenters. The van der Waals surface area contributed by atoms with Crippen molar-refractivity contribution in [2.75, 3.05) is 0 Å². The summed E-state index contributed by atoms with van der Waals surface area (Å²) in [6.45, 7) is 2.57. The minimum atomic E-state index is -1.18. The van der Waals surface area contributed by atoms with Crippen molar-refractivity contribution in [1.29, 1.82) is 0 Å². The number of ether oxygens (including phenoxy) is 1. The smallest absolute Gasteiger partial charge is 0.413 e. The van der Waals surface area contributed by atoms with Gasteiger partial charge < -0.3 is 9.84 Å². The number of hydrogen-bond acceptors (Lipinski definition) is 4. The Balaban J connectivity index is 1.74. The summed E-state index contributed by atoms with van der Waals surface area (Å²) in [7, 11) is 0. The molecule has 1 heterocycles. The van der Waals surface area contributed by atoms with Gasteiger partial charge in [-0.05, 0) is 29.2 Å². The van der Waals surface area contributed by atoms with Gasteiger partial charge in [-0.3, -0.25) is 9.80 Å². The molecule has 3 aromatic rings. The molecule has 6 nitrogen and oxygen atoms in total. The standard InChI is InChI=1S/C29H30N2O4/c1-2-12-25-26(19-22-13-6-3-7-14-22)31(29(33)34)27(30(25)20-23-15-8-4-9-16-23)28(32)35-21-24-17-10-5-11-18-24/h3-11,13-19,25,27H,2,12,20-21H2,1H3,(H,33,34)/b26-19-. The molecule has 0 aliphatic carbocycles. The summed E-state index contributed by atoms with van der Waals surface area (Å²) in [5, 5.41) is 10.3. The van der Waals surface area contributed by atoms with Crippen LogP contribution in [0.3, 0.4) is 0 Å². The van der Waals surface area contributed by atoms with Crippen molar-refractivity contribution in [1.82, 2.24) is 9.80 Å². The minimum absolute atomic E-state index is 0.0823. The third kappa shape index (κ3) is 5.78. The van der Waals surface area contributed by atoms with E-state index in [9.17, 15) is 14.7 Å². The van der Waals surface area contributed by atoms with Crippen LogP contribution < -0.4 is 0 Å². The van der Waals surface area contributed by atoms with Crippen molar-refractivity contribution in [3.05, 3.63) is 113 Å². The molecule has 1 N–H and O–H groups in total. The highest BCUT2D eigenvalue weighted by atomic mass is 16.5. The van der Waals surface area contributed by atoms with Crippen LogP contribution in [-0.2, 0) is 22.7 Å². The lowest BCUT2D eigenvalue weighted by atomic mass is 10.0. The van der Waals surface area contributed by atoms with Crippen LogP contribution in [0, 0.1) is 0 Å². The Bertz CT molecular complexity index is 1150. The van der Waals surface area contributed by atoms with E-state index in [1.54, 1.807) is 0 Å². The third-order valence-electron chi connectivity index (χ3n) is 6.10. The van der Waals surface area contributed by atoms with E-state index in [1.807, 2.05) is 102 Å². The molecule has 2 unspecified atom stereocenters. The zero-order chi connectivity index (χ0) is 24.6. The highest BCUT2D eigenvalue weighted by Crippen LogP contribution is 2.36. The summed E-state index contributed by atoms with van der Waals surface area (Å²) >= 11 is 0. The second kappa shape index (κ2) is 11.5. The van der Waals surface area contributed by atoms with E-state index < -0.39 is 18.2 Å². The average Bonchev–Trinajstić information content (AvgIpc) is 3.17. The molecule has 0 aromatic heterocycles. The summed E-state index contributed by atoms with van der Waals surface area (Å²) in [5.41, 5.74) is 3.32. The van der Waals surface area contributed by atoms with Crippen LogP contribution in [0.1, 0.15) is 36.5 Å². The molecule has 0 spiro atoms. The SMILES string of the molecule is CCCC1/C(=C/c2ccccc2)N(C(=O)O)C(C(=O)OCc2ccccc2)N1Cc1ccccc1. The van der Waals surface area contributed by atoms with Crippen LogP contribution in [0.2, 0.25) is 0 Å². The summed E-state index contributed by atoms with van der Waals surface area (Å²) in [6.07, 6.45) is 1.16. The lowest BCUT2D eigenvalue weighted by molar-refractivity contribution is -0.155. The Morgan fingerprint density at radius 1 is 0.886 bits per heavy atom. The van der Waals surface area contributed by atoms with Gasteiger partial charge in [0, 0.05) is 12.2 Å². The first-order chi connectivity index (χ1) is 17.1. The van der Waals surface area contributed by atoms with Crippen LogP contribution in [-0.4, -0.2) is 39.2 Å². The predicted molar refractivity (Wildman–Crippen MR) is 135 cm³/mol. The van der Waals surface area contributed by atoms with Gasteiger partial charge in [-0.2, -0.15) is 0 Å². The topological polar surface area (TPSA) is 70.1 Å². The fraction of sp³-hybridized carbons (Fsp3) is 0.241. The Morgan fingerprint density at radius 3 is 2.03 bits per heavy atom. The Morgan fingerprint density at radius 2 is 1.46 bits per heavy atom. The van der Waals surface area contributed by atoms with Gasteiger partial charge in [-0.1, -0.05) is 104 Å². The highest BCUT2D eigenvalue weighted by Gasteiger charge is 2.50. The van der Waals surface area contributed by atoms with Crippen LogP contribution in [0.4, 0.5) is 4.79 Å². The Labute approximate surface area is 206 Å². The number of hydrogen-bond donors (Lipinski definition) is 1. The van der Waals surface area contributed by atoms with Crippen LogP contribution in [0.25, 0.3) is 6.08 Å². The maximum absolute atomic E-state index is 13.5. The van der Waals surface area contributed by atoms with Gasteiger partial charge in [-0.15, -0.1) is 0 Å². The van der Waals surface area contributed by atoms with Gasteiger partial charge in [0.15, 0.2) is 6.17 Å². The van der Waals surface area contributed by atoms with Gasteiger partial charge in [0.25, 0.3) is 0 Å². The lowest BCUT2D eigenvalue weighted by Gasteiger charge is -2.28. The first kappa shape index (κ1) is 24.2. The molecule has 0 saturated carbocycles. The van der Waals surface area contributed by atoms with E-state index in [2.05, 4.69) is 6.92 Å². The number of rotatable bonds is 8. The molecule has 1 amide bonds. The summed E-state index contributed by atoms with van der Waals surface area (Å²) in [4.78, 5) is 29.2. The number of carbonyl (C=O) groups is 2. The zero-order valence-electron chi connectivity index (χ0n) is 19.8. The maximum Gasteiger partial charge on any atom is 0.413 e. The van der Waals surface area contributed by atoms with E-state index in [0.29, 0.717) is 18.7 Å². The second-order valence-corrected chi connectivity index (χ2v) is 8.56. The van der Waals surface area contributed by atoms with E-state index in [1.165, 1.54) is 4.90 Å². The van der Waals surface area contributed by atoms with Crippen molar-refractivity contribution in [3.63, 3.8) is 0 Å². The normalized spacial score (nSPS) is 19.1. The fourth-order valence-electron chi connectivity index (χ4n) is 4.51. The van der Waals surface area contributed by atoms with Crippen LogP contribution in [0.5, 0.6) is 0 Å². The first-order valence-corrected chi connectivity index (χ1v) is 11.9. The second-order valence-electron chi connectivity index (χ2n) is 8.56. The summed E-state index contributed by atoms with van der Waals surface area (Å²) in [6, 6.07) is 28.5. The number of carboxylic acid groups (broad SMARTS) is 1. The number of carbonyl (C=O) groups excluding carboxylic acids is 1. The van der Waals surface area contributed by atoms with Gasteiger partial charge in [0.1, 0.15) is 6.61 Å². The molecule has 6 heteroatoms. The fourth-order valence-corrected chi connectivity index (χ4v) is 4.51. The van der Waals surface area contributed by atoms with Crippen molar-refractivity contribution in [3.8, 4) is 0 Å². The highest BCUT2D eigenvalue weighted by molar-refractivity contribution is 5.84. The van der Waals surface area contributed by atoms with E-state index in [0.717, 1.165) is 23.1 Å². The predicted octanol–water partition coefficient (Wildman–Crippen LogP) is 5.76. The van der Waals surface area contributed by atoms with Gasteiger partial charge in [-0.25, -0.2) is 9.59 Å². The summed E-state index contributed by atoms with van der Waals surface area (Å²) in [5.74, 6) is -0.579. The van der Waals surface area contributed by atoms with E-state index in [4.69, 9.17) is 4.74 Å². The largest absolute Gasteiger partial charge is 0.465 e. The van der Waals surface area contributed by atoms with Crippen molar-refractivity contribution >= 4 is 18.1 Å². The molecule has 1 aliphatic rings. The molecule has 3 aromatic carbocycles. The van der Waals surface area contributed by atoms with E-state index >= 15 is 0 Å². The van der Waals surface area contributed by atoms with Gasteiger partial charge in [0.2, 0.25) is 0 Å². The van der Waals surface area contributed by atoms with Crippen LogP contribution in [0.15, 0.2) is 96.7 Å². The number of esters is 1. The molecular formula is C29H30N2O4.